The van der Waals surface area contributed by atoms with E-state index in [1.165, 1.54) is 12.1 Å². The Morgan fingerprint density at radius 2 is 1.75 bits per heavy atom. The fraction of sp³-hybridized carbons (Fsp3) is 0.360. The lowest BCUT2D eigenvalue weighted by molar-refractivity contribution is -0.143. The average molecular weight is 540 g/mol. The van der Waals surface area contributed by atoms with Crippen molar-refractivity contribution in [1.82, 2.24) is 0 Å². The maximum absolute atomic E-state index is 15.2. The summed E-state index contributed by atoms with van der Waals surface area (Å²) in [5, 5.41) is -1.33. The number of anilines is 1. The van der Waals surface area contributed by atoms with Crippen molar-refractivity contribution in [3.8, 4) is 0 Å². The molecule has 0 saturated carbocycles. The largest absolute Gasteiger partial charge is 0.469 e. The normalized spacial score (nSPS) is 13.5. The minimum atomic E-state index is -1.04. The molecule has 192 valence electrons. The summed E-state index contributed by atoms with van der Waals surface area (Å²) in [5.41, 5.74) is -0.719. The van der Waals surface area contributed by atoms with Crippen molar-refractivity contribution < 1.29 is 37.4 Å². The summed E-state index contributed by atoms with van der Waals surface area (Å²) in [7, 11) is 1.15. The fourth-order valence-corrected chi connectivity index (χ4v) is 5.04. The Morgan fingerprint density at radius 3 is 2.36 bits per heavy atom. The zero-order valence-corrected chi connectivity index (χ0v) is 21.4. The third-order valence-electron chi connectivity index (χ3n) is 5.40. The summed E-state index contributed by atoms with van der Waals surface area (Å²) in [6.45, 7) is 3.32. The molecule has 2 aromatic rings. The number of carbonyl (C=O) groups is 4. The first kappa shape index (κ1) is 27.5. The van der Waals surface area contributed by atoms with Crippen molar-refractivity contribution in [2.24, 2.45) is 0 Å². The van der Waals surface area contributed by atoms with Crippen molar-refractivity contribution in [2.75, 3.05) is 12.0 Å². The fourth-order valence-electron chi connectivity index (χ4n) is 3.76. The first-order valence-electron chi connectivity index (χ1n) is 11.2. The van der Waals surface area contributed by atoms with Crippen LogP contribution in [0.5, 0.6) is 0 Å². The summed E-state index contributed by atoms with van der Waals surface area (Å²) in [4.78, 5) is 52.4. The van der Waals surface area contributed by atoms with Crippen molar-refractivity contribution >= 4 is 52.4 Å². The van der Waals surface area contributed by atoms with E-state index in [1.807, 2.05) is 0 Å². The lowest BCUT2D eigenvalue weighted by Gasteiger charge is -2.26. The molecule has 0 spiro atoms. The number of methoxy groups -OCH3 is 1. The molecular formula is C25H24ClF2NO6S. The number of benzene rings is 1. The van der Waals surface area contributed by atoms with Crippen LogP contribution in [0.4, 0.5) is 14.5 Å². The summed E-state index contributed by atoms with van der Waals surface area (Å²) in [5.74, 6) is -4.16. The molecule has 0 radical (unpaired) electrons. The van der Waals surface area contributed by atoms with Crippen LogP contribution in [0.2, 0.25) is 5.02 Å². The highest BCUT2D eigenvalue weighted by molar-refractivity contribution is 7.11. The van der Waals surface area contributed by atoms with Crippen LogP contribution >= 0.6 is 22.9 Å². The molecule has 7 nitrogen and oxygen atoms in total. The Kier molecular flexibility index (Phi) is 8.97. The number of halogens is 3. The van der Waals surface area contributed by atoms with Crippen LogP contribution < -0.4 is 4.90 Å². The number of esters is 2. The minimum absolute atomic E-state index is 0.00663. The standard InChI is InChI=1S/C25H24ClF2NO6S/c1-13(2)35-25(33)17-10-5-4-9-16(17)24(32)29(23(31)14-7-6-8-15(27)11-14)21-20(26)18(36-22(21)28)12-19(30)34-3/h6-8,11,13H,4-5,9-10,12H2,1-3H3. The van der Waals surface area contributed by atoms with E-state index in [-0.39, 0.29) is 45.9 Å². The number of thiophene rings is 1. The predicted molar refractivity (Wildman–Crippen MR) is 130 cm³/mol. The van der Waals surface area contributed by atoms with Crippen LogP contribution in [-0.2, 0) is 30.3 Å². The van der Waals surface area contributed by atoms with Gasteiger partial charge in [-0.15, -0.1) is 11.3 Å². The SMILES string of the molecule is COC(=O)Cc1sc(F)c(N(C(=O)C2=C(C(=O)OC(C)C)CCCC2)C(=O)c2cccc(F)c2)c1Cl. The van der Waals surface area contributed by atoms with E-state index in [1.54, 1.807) is 13.8 Å². The molecule has 0 atom stereocenters. The van der Waals surface area contributed by atoms with E-state index < -0.39 is 46.5 Å². The Balaban J connectivity index is 2.18. The van der Waals surface area contributed by atoms with Crippen LogP contribution in [0.25, 0.3) is 0 Å². The van der Waals surface area contributed by atoms with Crippen molar-refractivity contribution in [3.63, 3.8) is 0 Å². The molecule has 11 heteroatoms. The molecule has 2 amide bonds. The van der Waals surface area contributed by atoms with Gasteiger partial charge in [-0.25, -0.2) is 14.1 Å². The van der Waals surface area contributed by atoms with E-state index in [2.05, 4.69) is 4.74 Å². The molecule has 1 heterocycles. The molecule has 36 heavy (non-hydrogen) atoms. The van der Waals surface area contributed by atoms with Gasteiger partial charge in [-0.3, -0.25) is 14.4 Å². The van der Waals surface area contributed by atoms with Crippen molar-refractivity contribution in [1.29, 1.82) is 0 Å². The van der Waals surface area contributed by atoms with Gasteiger partial charge in [0.2, 0.25) is 5.13 Å². The number of hydrogen-bond acceptors (Lipinski definition) is 7. The maximum atomic E-state index is 15.2. The second-order valence-electron chi connectivity index (χ2n) is 8.29. The molecule has 1 aromatic carbocycles. The number of rotatable bonds is 7. The van der Waals surface area contributed by atoms with Gasteiger partial charge in [-0.1, -0.05) is 17.7 Å². The first-order chi connectivity index (χ1) is 17.0. The predicted octanol–water partition coefficient (Wildman–Crippen LogP) is 5.39. The van der Waals surface area contributed by atoms with Crippen LogP contribution in [0.3, 0.4) is 0 Å². The molecule has 0 aliphatic heterocycles. The Hall–Kier alpha value is -3.11. The molecule has 0 saturated heterocycles. The first-order valence-corrected chi connectivity index (χ1v) is 12.3. The van der Waals surface area contributed by atoms with Gasteiger partial charge in [0.1, 0.15) is 11.5 Å². The third-order valence-corrected chi connectivity index (χ3v) is 6.89. The van der Waals surface area contributed by atoms with E-state index in [9.17, 15) is 23.6 Å². The quantitative estimate of drug-likeness (QED) is 0.346. The molecule has 3 rings (SSSR count). The molecular weight excluding hydrogens is 516 g/mol. The van der Waals surface area contributed by atoms with Gasteiger partial charge < -0.3 is 9.47 Å². The van der Waals surface area contributed by atoms with Gasteiger partial charge in [-0.2, -0.15) is 4.39 Å². The molecule has 1 aliphatic carbocycles. The number of ether oxygens (including phenoxy) is 2. The highest BCUT2D eigenvalue weighted by Gasteiger charge is 2.37. The molecule has 1 aromatic heterocycles. The van der Waals surface area contributed by atoms with E-state index in [0.29, 0.717) is 29.1 Å². The Morgan fingerprint density at radius 1 is 1.08 bits per heavy atom. The topological polar surface area (TPSA) is 90.0 Å². The number of amides is 2. The van der Waals surface area contributed by atoms with Gasteiger partial charge in [0, 0.05) is 21.6 Å². The number of nitrogens with zero attached hydrogens (tertiary/aromatic N) is 1. The van der Waals surface area contributed by atoms with Crippen molar-refractivity contribution in [3.05, 3.63) is 61.8 Å². The minimum Gasteiger partial charge on any atom is -0.469 e. The number of carbonyl (C=O) groups excluding carboxylic acids is 4. The summed E-state index contributed by atoms with van der Waals surface area (Å²) >= 11 is 6.85. The average Bonchev–Trinajstić information content (AvgIpc) is 3.11. The van der Waals surface area contributed by atoms with Gasteiger partial charge in [-0.05, 0) is 57.7 Å². The van der Waals surface area contributed by atoms with E-state index in [4.69, 9.17) is 16.3 Å². The molecule has 0 bridgehead atoms. The monoisotopic (exact) mass is 539 g/mol. The smallest absolute Gasteiger partial charge is 0.334 e. The second-order valence-corrected chi connectivity index (χ2v) is 9.72. The number of imide groups is 1. The van der Waals surface area contributed by atoms with Crippen LogP contribution in [0, 0.1) is 10.9 Å². The zero-order chi connectivity index (χ0) is 26.6. The van der Waals surface area contributed by atoms with Gasteiger partial charge in [0.15, 0.2) is 0 Å². The zero-order valence-electron chi connectivity index (χ0n) is 19.9. The molecule has 0 N–H and O–H groups in total. The van der Waals surface area contributed by atoms with Gasteiger partial charge in [0.25, 0.3) is 11.8 Å². The maximum Gasteiger partial charge on any atom is 0.334 e. The van der Waals surface area contributed by atoms with Crippen molar-refractivity contribution in [2.45, 2.75) is 52.1 Å². The number of hydrogen-bond donors (Lipinski definition) is 0. The highest BCUT2D eigenvalue weighted by atomic mass is 35.5. The third kappa shape index (κ3) is 5.99. The van der Waals surface area contributed by atoms with Crippen LogP contribution in [0.1, 0.15) is 54.8 Å². The Bertz CT molecular complexity index is 1240. The lowest BCUT2D eigenvalue weighted by Crippen LogP contribution is -2.40. The molecule has 1 aliphatic rings. The summed E-state index contributed by atoms with van der Waals surface area (Å²) in [6.07, 6.45) is 0.720. The lowest BCUT2D eigenvalue weighted by atomic mass is 9.90. The van der Waals surface area contributed by atoms with Crippen LogP contribution in [-0.4, -0.2) is 37.0 Å². The summed E-state index contributed by atoms with van der Waals surface area (Å²) in [6, 6.07) is 4.55. The van der Waals surface area contributed by atoms with Gasteiger partial charge >= 0.3 is 11.9 Å². The summed E-state index contributed by atoms with van der Waals surface area (Å²) < 4.78 is 39.0. The van der Waals surface area contributed by atoms with Gasteiger partial charge in [0.05, 0.1) is 24.7 Å². The molecule has 0 unspecified atom stereocenters. The van der Waals surface area contributed by atoms with Crippen LogP contribution in [0.15, 0.2) is 35.4 Å². The highest BCUT2D eigenvalue weighted by Crippen LogP contribution is 2.41. The van der Waals surface area contributed by atoms with E-state index in [0.717, 1.165) is 19.2 Å². The van der Waals surface area contributed by atoms with E-state index >= 15 is 4.39 Å². The molecule has 0 fully saturated rings. The Labute approximate surface area is 215 Å². The second kappa shape index (κ2) is 11.7.